The summed E-state index contributed by atoms with van der Waals surface area (Å²) >= 11 is 0. The van der Waals surface area contributed by atoms with Crippen molar-refractivity contribution in [2.24, 2.45) is 5.73 Å². The predicted octanol–water partition coefficient (Wildman–Crippen LogP) is 2.39. The Kier molecular flexibility index (Phi) is 4.28. The molecule has 0 saturated heterocycles. The molecule has 1 rings (SSSR count). The number of nitrogens with two attached hydrogens (primary N) is 1. The van der Waals surface area contributed by atoms with Gasteiger partial charge in [-0.25, -0.2) is 13.8 Å². The second kappa shape index (κ2) is 5.34. The molecule has 102 valence electrons. The van der Waals surface area contributed by atoms with Crippen molar-refractivity contribution in [3.05, 3.63) is 17.3 Å². The molecule has 9 heteroatoms. The lowest BCUT2D eigenvalue weighted by atomic mass is 10.2. The van der Waals surface area contributed by atoms with Crippen molar-refractivity contribution in [1.29, 1.82) is 0 Å². The molecule has 2 N–H and O–H groups in total. The Morgan fingerprint density at radius 3 is 2.39 bits per heavy atom. The molecule has 0 radical (unpaired) electrons. The molecule has 0 unspecified atom stereocenters. The first kappa shape index (κ1) is 14.4. The van der Waals surface area contributed by atoms with E-state index in [0.29, 0.717) is 0 Å². The number of nitrogens with zero attached hydrogens (tertiary/aromatic N) is 1. The molecule has 0 aliphatic heterocycles. The van der Waals surface area contributed by atoms with E-state index in [1.165, 1.54) is 0 Å². The lowest BCUT2D eigenvalue weighted by Crippen LogP contribution is -2.19. The number of halogens is 5. The Morgan fingerprint density at radius 2 is 2.00 bits per heavy atom. The molecular weight excluding hydrogens is 263 g/mol. The van der Waals surface area contributed by atoms with Gasteiger partial charge in [0.1, 0.15) is 0 Å². The zero-order valence-electron chi connectivity index (χ0n) is 9.09. The fourth-order valence-corrected chi connectivity index (χ4v) is 1.23. The first-order valence-electron chi connectivity index (χ1n) is 4.60. The fraction of sp³-hybridized carbons (Fsp3) is 0.444. The lowest BCUT2D eigenvalue weighted by molar-refractivity contribution is -0.276. The highest BCUT2D eigenvalue weighted by atomic mass is 19.4. The maximum absolute atomic E-state index is 12.7. The van der Waals surface area contributed by atoms with E-state index < -0.39 is 30.0 Å². The molecule has 0 aromatic carbocycles. The van der Waals surface area contributed by atoms with Crippen molar-refractivity contribution in [2.45, 2.75) is 19.3 Å². The monoisotopic (exact) mass is 272 g/mol. The van der Waals surface area contributed by atoms with E-state index in [2.05, 4.69) is 14.5 Å². The molecule has 0 atom stereocenters. The molecular formula is C9H9F5N2O2. The van der Waals surface area contributed by atoms with Crippen molar-refractivity contribution in [3.8, 4) is 11.6 Å². The van der Waals surface area contributed by atoms with Gasteiger partial charge in [-0.05, 0) is 6.07 Å². The van der Waals surface area contributed by atoms with Crippen LogP contribution in [-0.2, 0) is 6.54 Å². The summed E-state index contributed by atoms with van der Waals surface area (Å²) in [5.41, 5.74) is 4.24. The van der Waals surface area contributed by atoms with E-state index in [1.54, 1.807) is 0 Å². The van der Waals surface area contributed by atoms with Gasteiger partial charge in [0.15, 0.2) is 5.75 Å². The topological polar surface area (TPSA) is 57.4 Å². The van der Waals surface area contributed by atoms with Crippen LogP contribution in [0.1, 0.15) is 17.7 Å². The van der Waals surface area contributed by atoms with Crippen LogP contribution in [0.4, 0.5) is 22.0 Å². The van der Waals surface area contributed by atoms with E-state index in [1.807, 2.05) is 0 Å². The number of hydrogen-bond donors (Lipinski definition) is 1. The maximum atomic E-state index is 12.7. The van der Waals surface area contributed by atoms with Crippen LogP contribution < -0.4 is 15.2 Å². The number of hydrogen-bond acceptors (Lipinski definition) is 4. The van der Waals surface area contributed by atoms with Crippen molar-refractivity contribution >= 4 is 0 Å². The second-order valence-corrected chi connectivity index (χ2v) is 3.09. The third-order valence-corrected chi connectivity index (χ3v) is 1.88. The van der Waals surface area contributed by atoms with Crippen molar-refractivity contribution in [2.75, 3.05) is 7.11 Å². The minimum Gasteiger partial charge on any atom is -0.491 e. The summed E-state index contributed by atoms with van der Waals surface area (Å²) in [6.45, 7) is -0.308. The molecule has 1 aromatic heterocycles. The van der Waals surface area contributed by atoms with E-state index in [0.717, 1.165) is 13.2 Å². The number of alkyl halides is 5. The number of rotatable bonds is 4. The van der Waals surface area contributed by atoms with Crippen LogP contribution in [0.25, 0.3) is 0 Å². The normalized spacial score (nSPS) is 11.8. The van der Waals surface area contributed by atoms with Gasteiger partial charge in [0.2, 0.25) is 0 Å². The lowest BCUT2D eigenvalue weighted by Gasteiger charge is -2.15. The third kappa shape index (κ3) is 3.42. The van der Waals surface area contributed by atoms with Crippen LogP contribution in [0.15, 0.2) is 6.07 Å². The molecule has 1 aromatic rings. The van der Waals surface area contributed by atoms with Gasteiger partial charge in [0.05, 0.1) is 18.4 Å². The van der Waals surface area contributed by atoms with Crippen molar-refractivity contribution in [1.82, 2.24) is 4.98 Å². The van der Waals surface area contributed by atoms with Crippen LogP contribution in [0, 0.1) is 0 Å². The van der Waals surface area contributed by atoms with Gasteiger partial charge in [0, 0.05) is 6.54 Å². The van der Waals surface area contributed by atoms with E-state index >= 15 is 0 Å². The highest BCUT2D eigenvalue weighted by molar-refractivity contribution is 5.44. The highest BCUT2D eigenvalue weighted by Gasteiger charge is 2.35. The SMILES string of the molecule is COc1c(C(F)F)cc(CN)nc1OC(F)(F)F. The Labute approximate surface area is 98.5 Å². The van der Waals surface area contributed by atoms with Gasteiger partial charge in [-0.1, -0.05) is 0 Å². The van der Waals surface area contributed by atoms with Gasteiger partial charge in [-0.2, -0.15) is 0 Å². The van der Waals surface area contributed by atoms with Crippen molar-refractivity contribution in [3.63, 3.8) is 0 Å². The minimum atomic E-state index is -5.06. The third-order valence-electron chi connectivity index (χ3n) is 1.88. The van der Waals surface area contributed by atoms with Gasteiger partial charge < -0.3 is 15.2 Å². The predicted molar refractivity (Wildman–Crippen MR) is 50.3 cm³/mol. The van der Waals surface area contributed by atoms with Crippen LogP contribution >= 0.6 is 0 Å². The summed E-state index contributed by atoms with van der Waals surface area (Å²) in [6, 6.07) is 0.868. The molecule has 0 fully saturated rings. The average molecular weight is 272 g/mol. The number of ether oxygens (including phenoxy) is 2. The van der Waals surface area contributed by atoms with Gasteiger partial charge in [-0.3, -0.25) is 0 Å². The van der Waals surface area contributed by atoms with Gasteiger partial charge in [0.25, 0.3) is 12.3 Å². The number of aromatic nitrogens is 1. The van der Waals surface area contributed by atoms with Crippen LogP contribution in [0.2, 0.25) is 0 Å². The molecule has 4 nitrogen and oxygen atoms in total. The van der Waals surface area contributed by atoms with Gasteiger partial charge in [-0.15, -0.1) is 13.2 Å². The highest BCUT2D eigenvalue weighted by Crippen LogP contribution is 2.38. The van der Waals surface area contributed by atoms with E-state index in [-0.39, 0.29) is 12.2 Å². The Bertz CT molecular complexity index is 422. The zero-order valence-corrected chi connectivity index (χ0v) is 9.09. The summed E-state index contributed by atoms with van der Waals surface area (Å²) in [4.78, 5) is 3.36. The summed E-state index contributed by atoms with van der Waals surface area (Å²) in [6.07, 6.45) is -8.10. The quantitative estimate of drug-likeness (QED) is 0.855. The average Bonchev–Trinajstić information content (AvgIpc) is 2.25. The smallest absolute Gasteiger partial charge is 0.491 e. The Balaban J connectivity index is 3.33. The number of pyridine rings is 1. The van der Waals surface area contributed by atoms with E-state index in [9.17, 15) is 22.0 Å². The first-order chi connectivity index (χ1) is 8.28. The summed E-state index contributed by atoms with van der Waals surface area (Å²) < 4.78 is 69.6. The molecule has 0 bridgehead atoms. The summed E-state index contributed by atoms with van der Waals surface area (Å²) in [5.74, 6) is -1.84. The fourth-order valence-electron chi connectivity index (χ4n) is 1.23. The maximum Gasteiger partial charge on any atom is 0.574 e. The summed E-state index contributed by atoms with van der Waals surface area (Å²) in [5, 5.41) is 0. The molecule has 0 aliphatic carbocycles. The molecule has 0 spiro atoms. The zero-order chi connectivity index (χ0) is 13.9. The van der Waals surface area contributed by atoms with E-state index in [4.69, 9.17) is 5.73 Å². The molecule has 1 heterocycles. The second-order valence-electron chi connectivity index (χ2n) is 3.09. The van der Waals surface area contributed by atoms with Crippen molar-refractivity contribution < 1.29 is 31.4 Å². The standard InChI is InChI=1S/C9H9F5N2O2/c1-17-6-5(7(10)11)2-4(3-15)16-8(6)18-9(12,13)14/h2,7H,3,15H2,1H3. The minimum absolute atomic E-state index is 0.162. The number of methoxy groups -OCH3 is 1. The summed E-state index contributed by atoms with van der Waals surface area (Å²) in [7, 11) is 0.939. The Hall–Kier alpha value is -1.64. The molecule has 18 heavy (non-hydrogen) atoms. The van der Waals surface area contributed by atoms with Gasteiger partial charge >= 0.3 is 6.36 Å². The molecule has 0 saturated carbocycles. The molecule has 0 amide bonds. The molecule has 0 aliphatic rings. The van der Waals surface area contributed by atoms with Crippen LogP contribution in [-0.4, -0.2) is 18.5 Å². The Morgan fingerprint density at radius 1 is 1.39 bits per heavy atom. The first-order valence-corrected chi connectivity index (χ1v) is 4.60. The largest absolute Gasteiger partial charge is 0.574 e. The van der Waals surface area contributed by atoms with Crippen LogP contribution in [0.5, 0.6) is 11.6 Å². The van der Waals surface area contributed by atoms with Crippen LogP contribution in [0.3, 0.4) is 0 Å².